The molecular formula is C15H18N2O. The molecule has 0 radical (unpaired) electrons. The molecule has 2 aromatic carbocycles. The van der Waals surface area contributed by atoms with Gasteiger partial charge >= 0.3 is 0 Å². The van der Waals surface area contributed by atoms with Gasteiger partial charge in [0.1, 0.15) is 6.10 Å². The molecular weight excluding hydrogens is 224 g/mol. The zero-order valence-corrected chi connectivity index (χ0v) is 10.4. The van der Waals surface area contributed by atoms with Crippen molar-refractivity contribution in [2.75, 3.05) is 7.11 Å². The van der Waals surface area contributed by atoms with Crippen LogP contribution in [0.1, 0.15) is 23.3 Å². The van der Waals surface area contributed by atoms with Crippen LogP contribution >= 0.6 is 0 Å². The van der Waals surface area contributed by atoms with Crippen LogP contribution in [-0.4, -0.2) is 7.11 Å². The fraction of sp³-hybridized carbons (Fsp3) is 0.200. The fourth-order valence-corrected chi connectivity index (χ4v) is 2.13. The van der Waals surface area contributed by atoms with Crippen LogP contribution in [0.3, 0.4) is 0 Å². The second-order valence-corrected chi connectivity index (χ2v) is 4.12. The Bertz CT molecular complexity index is 413. The molecule has 0 amide bonds. The van der Waals surface area contributed by atoms with Crippen LogP contribution in [0.2, 0.25) is 0 Å². The summed E-state index contributed by atoms with van der Waals surface area (Å²) >= 11 is 0. The zero-order chi connectivity index (χ0) is 12.8. The highest BCUT2D eigenvalue weighted by Gasteiger charge is 2.23. The quantitative estimate of drug-likeness (QED) is 0.626. The molecule has 2 rings (SSSR count). The number of ether oxygens (including phenoxy) is 1. The molecule has 0 spiro atoms. The molecule has 2 unspecified atom stereocenters. The SMILES string of the molecule is COC(c1ccccc1)C(NN)c1ccccc1. The number of benzene rings is 2. The highest BCUT2D eigenvalue weighted by molar-refractivity contribution is 5.26. The molecule has 2 aromatic rings. The molecule has 2 atom stereocenters. The molecule has 0 heterocycles. The standard InChI is InChI=1S/C15H18N2O/c1-18-15(13-10-6-3-7-11-13)14(17-16)12-8-4-2-5-9-12/h2-11,14-15,17H,16H2,1H3. The summed E-state index contributed by atoms with van der Waals surface area (Å²) in [6, 6.07) is 20.1. The smallest absolute Gasteiger partial charge is 0.103 e. The number of hydrazine groups is 1. The van der Waals surface area contributed by atoms with Crippen molar-refractivity contribution in [1.82, 2.24) is 5.43 Å². The van der Waals surface area contributed by atoms with Crippen LogP contribution in [0.5, 0.6) is 0 Å². The predicted octanol–water partition coefficient (Wildman–Crippen LogP) is 2.58. The molecule has 0 aliphatic rings. The van der Waals surface area contributed by atoms with Gasteiger partial charge in [-0.25, -0.2) is 0 Å². The molecule has 0 aliphatic carbocycles. The minimum atomic E-state index is -0.112. The molecule has 94 valence electrons. The largest absolute Gasteiger partial charge is 0.375 e. The summed E-state index contributed by atoms with van der Waals surface area (Å²) in [4.78, 5) is 0. The first-order valence-corrected chi connectivity index (χ1v) is 5.95. The summed E-state index contributed by atoms with van der Waals surface area (Å²) in [7, 11) is 1.70. The molecule has 3 nitrogen and oxygen atoms in total. The number of hydrogen-bond donors (Lipinski definition) is 2. The van der Waals surface area contributed by atoms with Gasteiger partial charge in [0, 0.05) is 7.11 Å². The van der Waals surface area contributed by atoms with E-state index in [0.29, 0.717) is 0 Å². The van der Waals surface area contributed by atoms with Crippen LogP contribution in [0, 0.1) is 0 Å². The topological polar surface area (TPSA) is 47.3 Å². The highest BCUT2D eigenvalue weighted by Crippen LogP contribution is 2.30. The van der Waals surface area contributed by atoms with Gasteiger partial charge in [0.25, 0.3) is 0 Å². The maximum atomic E-state index is 5.69. The summed E-state index contributed by atoms with van der Waals surface area (Å²) in [5.74, 6) is 5.69. The van der Waals surface area contributed by atoms with Crippen LogP contribution < -0.4 is 11.3 Å². The monoisotopic (exact) mass is 242 g/mol. The molecule has 3 heteroatoms. The molecule has 0 saturated carbocycles. The van der Waals surface area contributed by atoms with E-state index in [1.807, 2.05) is 60.7 Å². The van der Waals surface area contributed by atoms with E-state index < -0.39 is 0 Å². The van der Waals surface area contributed by atoms with Gasteiger partial charge in [-0.2, -0.15) is 0 Å². The summed E-state index contributed by atoms with van der Waals surface area (Å²) in [6.07, 6.45) is -0.112. The summed E-state index contributed by atoms with van der Waals surface area (Å²) < 4.78 is 5.60. The Hall–Kier alpha value is -1.68. The van der Waals surface area contributed by atoms with Crippen LogP contribution in [0.4, 0.5) is 0 Å². The minimum Gasteiger partial charge on any atom is -0.375 e. The Labute approximate surface area is 108 Å². The summed E-state index contributed by atoms with van der Waals surface area (Å²) in [6.45, 7) is 0. The normalized spacial score (nSPS) is 14.1. The third-order valence-electron chi connectivity index (χ3n) is 3.02. The molecule has 3 N–H and O–H groups in total. The van der Waals surface area contributed by atoms with E-state index in [-0.39, 0.29) is 12.1 Å². The first kappa shape index (κ1) is 12.8. The van der Waals surface area contributed by atoms with Crippen molar-refractivity contribution in [3.05, 3.63) is 71.8 Å². The fourth-order valence-electron chi connectivity index (χ4n) is 2.13. The number of nitrogens with two attached hydrogens (primary N) is 1. The average Bonchev–Trinajstić information content (AvgIpc) is 2.46. The van der Waals surface area contributed by atoms with Gasteiger partial charge in [0.05, 0.1) is 6.04 Å². The lowest BCUT2D eigenvalue weighted by molar-refractivity contribution is 0.0676. The molecule has 0 aromatic heterocycles. The van der Waals surface area contributed by atoms with Crippen molar-refractivity contribution in [3.8, 4) is 0 Å². The highest BCUT2D eigenvalue weighted by atomic mass is 16.5. The van der Waals surface area contributed by atoms with Gasteiger partial charge < -0.3 is 4.74 Å². The van der Waals surface area contributed by atoms with Gasteiger partial charge in [-0.05, 0) is 11.1 Å². The minimum absolute atomic E-state index is 0.0707. The van der Waals surface area contributed by atoms with E-state index in [1.54, 1.807) is 7.11 Å². The van der Waals surface area contributed by atoms with Crippen LogP contribution in [0.25, 0.3) is 0 Å². The Morgan fingerprint density at radius 1 is 0.889 bits per heavy atom. The molecule has 18 heavy (non-hydrogen) atoms. The van der Waals surface area contributed by atoms with E-state index in [1.165, 1.54) is 0 Å². The van der Waals surface area contributed by atoms with Crippen molar-refractivity contribution in [2.45, 2.75) is 12.1 Å². The first-order chi connectivity index (χ1) is 8.86. The molecule has 0 aliphatic heterocycles. The maximum absolute atomic E-state index is 5.69. The lowest BCUT2D eigenvalue weighted by Gasteiger charge is -2.26. The van der Waals surface area contributed by atoms with Crippen LogP contribution in [-0.2, 0) is 4.74 Å². The van der Waals surface area contributed by atoms with E-state index in [0.717, 1.165) is 11.1 Å². The summed E-state index contributed by atoms with van der Waals surface area (Å²) in [5.41, 5.74) is 5.05. The van der Waals surface area contributed by atoms with E-state index in [2.05, 4.69) is 5.43 Å². The van der Waals surface area contributed by atoms with E-state index >= 15 is 0 Å². The van der Waals surface area contributed by atoms with Crippen molar-refractivity contribution in [1.29, 1.82) is 0 Å². The van der Waals surface area contributed by atoms with Crippen molar-refractivity contribution < 1.29 is 4.74 Å². The maximum Gasteiger partial charge on any atom is 0.103 e. The lowest BCUT2D eigenvalue weighted by atomic mass is 9.96. The third-order valence-corrected chi connectivity index (χ3v) is 3.02. The second-order valence-electron chi connectivity index (χ2n) is 4.12. The zero-order valence-electron chi connectivity index (χ0n) is 10.4. The van der Waals surface area contributed by atoms with Gasteiger partial charge in [-0.3, -0.25) is 11.3 Å². The number of methoxy groups -OCH3 is 1. The Kier molecular flexibility index (Phi) is 4.47. The molecule has 0 fully saturated rings. The van der Waals surface area contributed by atoms with Crippen molar-refractivity contribution >= 4 is 0 Å². The Balaban J connectivity index is 2.31. The van der Waals surface area contributed by atoms with Gasteiger partial charge in [0.2, 0.25) is 0 Å². The van der Waals surface area contributed by atoms with Gasteiger partial charge in [-0.1, -0.05) is 60.7 Å². The Morgan fingerprint density at radius 2 is 1.39 bits per heavy atom. The Morgan fingerprint density at radius 3 is 1.83 bits per heavy atom. The predicted molar refractivity (Wildman–Crippen MR) is 72.7 cm³/mol. The number of rotatable bonds is 5. The first-order valence-electron chi connectivity index (χ1n) is 5.95. The van der Waals surface area contributed by atoms with Gasteiger partial charge in [-0.15, -0.1) is 0 Å². The molecule has 0 bridgehead atoms. The average molecular weight is 242 g/mol. The second kappa shape index (κ2) is 6.31. The van der Waals surface area contributed by atoms with E-state index in [4.69, 9.17) is 10.6 Å². The number of hydrogen-bond acceptors (Lipinski definition) is 3. The third kappa shape index (κ3) is 2.76. The lowest BCUT2D eigenvalue weighted by Crippen LogP contribution is -2.33. The van der Waals surface area contributed by atoms with Crippen molar-refractivity contribution in [2.24, 2.45) is 5.84 Å². The van der Waals surface area contributed by atoms with Crippen molar-refractivity contribution in [3.63, 3.8) is 0 Å². The number of nitrogens with one attached hydrogen (secondary N) is 1. The van der Waals surface area contributed by atoms with Crippen LogP contribution in [0.15, 0.2) is 60.7 Å². The van der Waals surface area contributed by atoms with E-state index in [9.17, 15) is 0 Å². The summed E-state index contributed by atoms with van der Waals surface area (Å²) in [5, 5.41) is 0. The van der Waals surface area contributed by atoms with Gasteiger partial charge in [0.15, 0.2) is 0 Å². The molecule has 0 saturated heterocycles.